The lowest BCUT2D eigenvalue weighted by Crippen LogP contribution is -2.01. The summed E-state index contributed by atoms with van der Waals surface area (Å²) in [6.07, 6.45) is 2.35. The van der Waals surface area contributed by atoms with E-state index in [4.69, 9.17) is 9.47 Å². The Morgan fingerprint density at radius 3 is 2.56 bits per heavy atom. The second-order valence-corrected chi connectivity index (χ2v) is 5.59. The second kappa shape index (κ2) is 8.33. The van der Waals surface area contributed by atoms with Crippen LogP contribution in [0.25, 0.3) is 11.6 Å². The largest absolute Gasteiger partial charge is 0.493 e. The molecule has 0 spiro atoms. The van der Waals surface area contributed by atoms with Crippen LogP contribution in [0.5, 0.6) is 11.5 Å². The minimum atomic E-state index is -1.13. The van der Waals surface area contributed by atoms with Crippen molar-refractivity contribution in [1.29, 1.82) is 0 Å². The number of carboxylic acid groups (broad SMARTS) is 1. The Morgan fingerprint density at radius 2 is 1.96 bits per heavy atom. The normalized spacial score (nSPS) is 11.3. The van der Waals surface area contributed by atoms with Gasteiger partial charge in [0.15, 0.2) is 11.5 Å². The van der Waals surface area contributed by atoms with E-state index in [0.717, 1.165) is 6.42 Å². The third-order valence-electron chi connectivity index (χ3n) is 3.67. The van der Waals surface area contributed by atoms with Gasteiger partial charge in [-0.2, -0.15) is 0 Å². The maximum absolute atomic E-state index is 13.8. The van der Waals surface area contributed by atoms with E-state index in [-0.39, 0.29) is 5.57 Å². The zero-order valence-electron chi connectivity index (χ0n) is 14.5. The van der Waals surface area contributed by atoms with Crippen LogP contribution in [0.2, 0.25) is 0 Å². The molecule has 4 nitrogen and oxygen atoms in total. The summed E-state index contributed by atoms with van der Waals surface area (Å²) in [5.41, 5.74) is 1.40. The first-order valence-electron chi connectivity index (χ1n) is 7.98. The van der Waals surface area contributed by atoms with Crippen LogP contribution in [0.3, 0.4) is 0 Å². The molecule has 2 rings (SSSR count). The average molecular weight is 344 g/mol. The number of carboxylic acids is 1. The quantitative estimate of drug-likeness (QED) is 0.591. The van der Waals surface area contributed by atoms with Gasteiger partial charge in [-0.1, -0.05) is 25.1 Å². The SMILES string of the molecule is CCCOc1ccc(/C=C(\C(=O)O)c2ccc(C)c(F)c2)cc1OC. The molecule has 0 aliphatic heterocycles. The first kappa shape index (κ1) is 18.5. The molecule has 0 aliphatic carbocycles. The molecule has 25 heavy (non-hydrogen) atoms. The molecule has 2 aromatic carbocycles. The summed E-state index contributed by atoms with van der Waals surface area (Å²) < 4.78 is 24.7. The molecule has 1 N–H and O–H groups in total. The minimum Gasteiger partial charge on any atom is -0.493 e. The van der Waals surface area contributed by atoms with Gasteiger partial charge < -0.3 is 14.6 Å². The van der Waals surface area contributed by atoms with Gasteiger partial charge in [-0.25, -0.2) is 9.18 Å². The molecule has 0 saturated carbocycles. The number of halogens is 1. The smallest absolute Gasteiger partial charge is 0.336 e. The molecule has 2 aromatic rings. The molecule has 0 aromatic heterocycles. The van der Waals surface area contributed by atoms with Gasteiger partial charge in [0.2, 0.25) is 0 Å². The average Bonchev–Trinajstić information content (AvgIpc) is 2.60. The molecule has 0 saturated heterocycles. The number of methoxy groups -OCH3 is 1. The Bertz CT molecular complexity index is 796. The van der Waals surface area contributed by atoms with Crippen molar-refractivity contribution in [1.82, 2.24) is 0 Å². The van der Waals surface area contributed by atoms with Gasteiger partial charge in [0.05, 0.1) is 19.3 Å². The van der Waals surface area contributed by atoms with Crippen molar-refractivity contribution < 1.29 is 23.8 Å². The molecule has 0 radical (unpaired) electrons. The number of aryl methyl sites for hydroxylation is 1. The molecule has 0 unspecified atom stereocenters. The molecule has 0 fully saturated rings. The van der Waals surface area contributed by atoms with Gasteiger partial charge in [-0.05, 0) is 54.3 Å². The van der Waals surface area contributed by atoms with Crippen molar-refractivity contribution in [2.24, 2.45) is 0 Å². The van der Waals surface area contributed by atoms with E-state index in [0.29, 0.717) is 34.8 Å². The van der Waals surface area contributed by atoms with E-state index in [2.05, 4.69) is 0 Å². The molecule has 132 valence electrons. The van der Waals surface area contributed by atoms with Crippen LogP contribution in [0.15, 0.2) is 36.4 Å². The molecule has 0 bridgehead atoms. The van der Waals surface area contributed by atoms with Crippen molar-refractivity contribution in [3.8, 4) is 11.5 Å². The van der Waals surface area contributed by atoms with Gasteiger partial charge in [-0.15, -0.1) is 0 Å². The zero-order chi connectivity index (χ0) is 18.4. The summed E-state index contributed by atoms with van der Waals surface area (Å²) in [5.74, 6) is -0.458. The summed E-state index contributed by atoms with van der Waals surface area (Å²) in [6, 6.07) is 9.54. The fourth-order valence-corrected chi connectivity index (χ4v) is 2.30. The topological polar surface area (TPSA) is 55.8 Å². The van der Waals surface area contributed by atoms with Crippen molar-refractivity contribution in [3.63, 3.8) is 0 Å². The van der Waals surface area contributed by atoms with Gasteiger partial charge >= 0.3 is 5.97 Å². The van der Waals surface area contributed by atoms with Crippen molar-refractivity contribution in [2.75, 3.05) is 13.7 Å². The summed E-state index contributed by atoms with van der Waals surface area (Å²) in [6.45, 7) is 4.20. The van der Waals surface area contributed by atoms with Gasteiger partial charge in [0.25, 0.3) is 0 Å². The lowest BCUT2D eigenvalue weighted by Gasteiger charge is -2.11. The summed E-state index contributed by atoms with van der Waals surface area (Å²) in [4.78, 5) is 11.6. The number of hydrogen-bond acceptors (Lipinski definition) is 3. The molecule has 5 heteroatoms. The van der Waals surface area contributed by atoms with E-state index in [9.17, 15) is 14.3 Å². The number of benzene rings is 2. The number of carbonyl (C=O) groups is 1. The van der Waals surface area contributed by atoms with Crippen molar-refractivity contribution in [3.05, 3.63) is 58.9 Å². The molecular weight excluding hydrogens is 323 g/mol. The maximum Gasteiger partial charge on any atom is 0.336 e. The van der Waals surface area contributed by atoms with E-state index in [1.807, 2.05) is 6.92 Å². The second-order valence-electron chi connectivity index (χ2n) is 5.59. The van der Waals surface area contributed by atoms with E-state index in [1.54, 1.807) is 37.3 Å². The molecule has 0 amide bonds. The van der Waals surface area contributed by atoms with Crippen LogP contribution < -0.4 is 9.47 Å². The highest BCUT2D eigenvalue weighted by Crippen LogP contribution is 2.30. The van der Waals surface area contributed by atoms with Crippen LogP contribution in [-0.4, -0.2) is 24.8 Å². The van der Waals surface area contributed by atoms with Crippen LogP contribution in [-0.2, 0) is 4.79 Å². The third kappa shape index (κ3) is 4.59. The maximum atomic E-state index is 13.8. The Kier molecular flexibility index (Phi) is 6.17. The first-order valence-corrected chi connectivity index (χ1v) is 7.98. The van der Waals surface area contributed by atoms with Crippen molar-refractivity contribution >= 4 is 17.6 Å². The fraction of sp³-hybridized carbons (Fsp3) is 0.250. The molecule has 0 aliphatic rings. The Balaban J connectivity index is 2.43. The predicted octanol–water partition coefficient (Wildman–Crippen LogP) is 4.56. The summed E-state index contributed by atoms with van der Waals surface area (Å²) in [5, 5.41) is 9.50. The van der Waals surface area contributed by atoms with Crippen LogP contribution in [0, 0.1) is 12.7 Å². The van der Waals surface area contributed by atoms with Gasteiger partial charge in [-0.3, -0.25) is 0 Å². The monoisotopic (exact) mass is 344 g/mol. The standard InChI is InChI=1S/C20H21FO4/c1-4-9-25-18-8-6-14(11-19(18)24-3)10-16(20(22)23)15-7-5-13(2)17(21)12-15/h5-8,10-12H,4,9H2,1-3H3,(H,22,23)/b16-10-. The molecule has 0 atom stereocenters. The number of aliphatic carboxylic acids is 1. The molecule has 0 heterocycles. The Labute approximate surface area is 146 Å². The first-order chi connectivity index (χ1) is 12.0. The fourth-order valence-electron chi connectivity index (χ4n) is 2.30. The summed E-state index contributed by atoms with van der Waals surface area (Å²) >= 11 is 0. The van der Waals surface area contributed by atoms with Crippen molar-refractivity contribution in [2.45, 2.75) is 20.3 Å². The highest BCUT2D eigenvalue weighted by molar-refractivity contribution is 6.20. The highest BCUT2D eigenvalue weighted by atomic mass is 19.1. The van der Waals surface area contributed by atoms with E-state index in [1.165, 1.54) is 19.3 Å². The Hall–Kier alpha value is -2.82. The highest BCUT2D eigenvalue weighted by Gasteiger charge is 2.13. The van der Waals surface area contributed by atoms with Gasteiger partial charge in [0, 0.05) is 0 Å². The van der Waals surface area contributed by atoms with Crippen LogP contribution in [0.4, 0.5) is 4.39 Å². The lowest BCUT2D eigenvalue weighted by atomic mass is 10.0. The zero-order valence-corrected chi connectivity index (χ0v) is 14.5. The summed E-state index contributed by atoms with van der Waals surface area (Å²) in [7, 11) is 1.52. The van der Waals surface area contributed by atoms with Crippen LogP contribution >= 0.6 is 0 Å². The Morgan fingerprint density at radius 1 is 1.20 bits per heavy atom. The minimum absolute atomic E-state index is 0.00294. The van der Waals surface area contributed by atoms with Gasteiger partial charge in [0.1, 0.15) is 5.82 Å². The number of ether oxygens (including phenoxy) is 2. The third-order valence-corrected chi connectivity index (χ3v) is 3.67. The number of rotatable bonds is 7. The van der Waals surface area contributed by atoms with Crippen LogP contribution in [0.1, 0.15) is 30.0 Å². The van der Waals surface area contributed by atoms with E-state index >= 15 is 0 Å². The molecular formula is C20H21FO4. The number of hydrogen-bond donors (Lipinski definition) is 1. The predicted molar refractivity (Wildman–Crippen MR) is 95.4 cm³/mol. The lowest BCUT2D eigenvalue weighted by molar-refractivity contribution is -0.130. The van der Waals surface area contributed by atoms with E-state index < -0.39 is 11.8 Å².